The van der Waals surface area contributed by atoms with Gasteiger partial charge in [0, 0.05) is 11.8 Å². The van der Waals surface area contributed by atoms with E-state index in [4.69, 9.17) is 0 Å². The first-order valence-electron chi connectivity index (χ1n) is 4.72. The molecule has 0 atom stereocenters. The van der Waals surface area contributed by atoms with Crippen LogP contribution in [0.3, 0.4) is 0 Å². The Morgan fingerprint density at radius 2 is 1.93 bits per heavy atom. The van der Waals surface area contributed by atoms with Gasteiger partial charge in [-0.1, -0.05) is 23.8 Å². The zero-order chi connectivity index (χ0) is 11.1. The smallest absolute Gasteiger partial charge is 0.267 e. The number of allylic oxidation sites excluding steroid dienone is 2. The number of benzene rings is 1. The average molecular weight is 202 g/mol. The van der Waals surface area contributed by atoms with E-state index in [9.17, 15) is 4.79 Å². The lowest BCUT2D eigenvalue weighted by Crippen LogP contribution is -2.16. The molecule has 0 aliphatic rings. The van der Waals surface area contributed by atoms with Gasteiger partial charge in [0.2, 0.25) is 0 Å². The number of hydrogen-bond acceptors (Lipinski definition) is 2. The zero-order valence-corrected chi connectivity index (χ0v) is 8.90. The summed E-state index contributed by atoms with van der Waals surface area (Å²) < 4.78 is 0. The molecule has 0 saturated heterocycles. The van der Waals surface area contributed by atoms with Crippen LogP contribution < -0.4 is 5.43 Å². The van der Waals surface area contributed by atoms with Crippen molar-refractivity contribution in [3.8, 4) is 0 Å². The van der Waals surface area contributed by atoms with Crippen LogP contribution in [0.15, 0.2) is 47.1 Å². The molecule has 1 aromatic rings. The highest BCUT2D eigenvalue weighted by atomic mass is 16.2. The van der Waals surface area contributed by atoms with Gasteiger partial charge in [-0.25, -0.2) is 5.43 Å². The van der Waals surface area contributed by atoms with Gasteiger partial charge >= 0.3 is 0 Å². The summed E-state index contributed by atoms with van der Waals surface area (Å²) in [6.45, 7) is 3.93. The Bertz CT molecular complexity index is 376. The first-order chi connectivity index (χ1) is 7.20. The molecule has 3 nitrogen and oxygen atoms in total. The third kappa shape index (κ3) is 4.22. The Morgan fingerprint density at radius 3 is 2.53 bits per heavy atom. The Kier molecular flexibility index (Phi) is 4.29. The Hall–Kier alpha value is -1.90. The molecule has 78 valence electrons. The van der Waals surface area contributed by atoms with Gasteiger partial charge in [0.1, 0.15) is 0 Å². The molecule has 0 fully saturated rings. The van der Waals surface area contributed by atoms with Crippen molar-refractivity contribution in [2.45, 2.75) is 13.8 Å². The fraction of sp³-hybridized carbons (Fsp3) is 0.167. The largest absolute Gasteiger partial charge is 0.271 e. The molecule has 0 heterocycles. The second-order valence-corrected chi connectivity index (χ2v) is 3.33. The first-order valence-corrected chi connectivity index (χ1v) is 4.72. The second-order valence-electron chi connectivity index (χ2n) is 3.33. The van der Waals surface area contributed by atoms with Gasteiger partial charge in [0.05, 0.1) is 0 Å². The molecule has 15 heavy (non-hydrogen) atoms. The molecule has 3 heteroatoms. The molecule has 0 bridgehead atoms. The summed E-state index contributed by atoms with van der Waals surface area (Å²) in [7, 11) is 0. The topological polar surface area (TPSA) is 41.5 Å². The van der Waals surface area contributed by atoms with E-state index in [2.05, 4.69) is 10.5 Å². The predicted molar refractivity (Wildman–Crippen MR) is 61.8 cm³/mol. The molecule has 0 aromatic heterocycles. The minimum absolute atomic E-state index is 0.200. The van der Waals surface area contributed by atoms with E-state index in [0.717, 1.165) is 5.57 Å². The number of nitrogens with zero attached hydrogens (tertiary/aromatic N) is 1. The number of nitrogens with one attached hydrogen (secondary N) is 1. The SMILES string of the molecule is CC(C)=C/C=N/NC(=O)c1ccccc1. The van der Waals surface area contributed by atoms with Crippen molar-refractivity contribution in [1.82, 2.24) is 5.43 Å². The highest BCUT2D eigenvalue weighted by Gasteiger charge is 2.00. The minimum Gasteiger partial charge on any atom is -0.267 e. The van der Waals surface area contributed by atoms with E-state index in [1.807, 2.05) is 38.1 Å². The standard InChI is InChI=1S/C12H14N2O/c1-10(2)8-9-13-14-12(15)11-6-4-3-5-7-11/h3-9H,1-2H3,(H,14,15)/b13-9+. The Labute approximate surface area is 89.5 Å². The quantitative estimate of drug-likeness (QED) is 0.593. The number of carbonyl (C=O) groups is 1. The van der Waals surface area contributed by atoms with Crippen molar-refractivity contribution in [3.05, 3.63) is 47.5 Å². The van der Waals surface area contributed by atoms with Gasteiger partial charge in [-0.2, -0.15) is 5.10 Å². The van der Waals surface area contributed by atoms with Crippen molar-refractivity contribution in [3.63, 3.8) is 0 Å². The van der Waals surface area contributed by atoms with E-state index < -0.39 is 0 Å². The van der Waals surface area contributed by atoms with Crippen LogP contribution in [0.25, 0.3) is 0 Å². The van der Waals surface area contributed by atoms with E-state index in [0.29, 0.717) is 5.56 Å². The first kappa shape index (κ1) is 11.2. The lowest BCUT2D eigenvalue weighted by molar-refractivity contribution is 0.0955. The molecule has 1 rings (SSSR count). The van der Waals surface area contributed by atoms with Crippen LogP contribution in [0.2, 0.25) is 0 Å². The fourth-order valence-electron chi connectivity index (χ4n) is 0.936. The van der Waals surface area contributed by atoms with Crippen molar-refractivity contribution in [2.24, 2.45) is 5.10 Å². The summed E-state index contributed by atoms with van der Waals surface area (Å²) >= 11 is 0. The molecule has 0 unspecified atom stereocenters. The summed E-state index contributed by atoms with van der Waals surface area (Å²) in [6.07, 6.45) is 3.39. The summed E-state index contributed by atoms with van der Waals surface area (Å²) in [5.41, 5.74) is 4.18. The van der Waals surface area contributed by atoms with Gasteiger partial charge in [-0.15, -0.1) is 0 Å². The van der Waals surface area contributed by atoms with E-state index in [1.54, 1.807) is 18.3 Å². The monoisotopic (exact) mass is 202 g/mol. The fourth-order valence-corrected chi connectivity index (χ4v) is 0.936. The Balaban J connectivity index is 2.51. The van der Waals surface area contributed by atoms with Crippen LogP contribution >= 0.6 is 0 Å². The molecule has 0 aliphatic heterocycles. The average Bonchev–Trinajstić information content (AvgIpc) is 2.25. The molecule has 0 spiro atoms. The third-order valence-corrected chi connectivity index (χ3v) is 1.68. The zero-order valence-electron chi connectivity index (χ0n) is 8.90. The number of hydrazone groups is 1. The summed E-state index contributed by atoms with van der Waals surface area (Å²) in [5.74, 6) is -0.200. The third-order valence-electron chi connectivity index (χ3n) is 1.68. The maximum Gasteiger partial charge on any atom is 0.271 e. The maximum atomic E-state index is 11.4. The van der Waals surface area contributed by atoms with Crippen molar-refractivity contribution in [2.75, 3.05) is 0 Å². The van der Waals surface area contributed by atoms with Crippen LogP contribution in [0.5, 0.6) is 0 Å². The van der Waals surface area contributed by atoms with Crippen LogP contribution in [0, 0.1) is 0 Å². The van der Waals surface area contributed by atoms with Crippen LogP contribution in [0.4, 0.5) is 0 Å². The second kappa shape index (κ2) is 5.75. The Morgan fingerprint density at radius 1 is 1.27 bits per heavy atom. The van der Waals surface area contributed by atoms with E-state index in [1.165, 1.54) is 0 Å². The van der Waals surface area contributed by atoms with Crippen LogP contribution in [-0.2, 0) is 0 Å². The maximum absolute atomic E-state index is 11.4. The summed E-state index contributed by atoms with van der Waals surface area (Å²) in [4.78, 5) is 11.4. The minimum atomic E-state index is -0.200. The molecule has 1 amide bonds. The molecular formula is C12H14N2O. The highest BCUT2D eigenvalue weighted by Crippen LogP contribution is 1.97. The van der Waals surface area contributed by atoms with Crippen molar-refractivity contribution < 1.29 is 4.79 Å². The van der Waals surface area contributed by atoms with E-state index in [-0.39, 0.29) is 5.91 Å². The molecule has 0 aliphatic carbocycles. The number of rotatable bonds is 3. The summed E-state index contributed by atoms with van der Waals surface area (Å²) in [5, 5.41) is 3.79. The van der Waals surface area contributed by atoms with Gasteiger partial charge in [-0.05, 0) is 32.1 Å². The van der Waals surface area contributed by atoms with Crippen LogP contribution in [-0.4, -0.2) is 12.1 Å². The number of hydrogen-bond donors (Lipinski definition) is 1. The van der Waals surface area contributed by atoms with Gasteiger partial charge < -0.3 is 0 Å². The summed E-state index contributed by atoms with van der Waals surface area (Å²) in [6, 6.07) is 8.98. The molecular weight excluding hydrogens is 188 g/mol. The lowest BCUT2D eigenvalue weighted by atomic mass is 10.2. The molecule has 1 aromatic carbocycles. The molecule has 0 radical (unpaired) electrons. The van der Waals surface area contributed by atoms with E-state index >= 15 is 0 Å². The number of carbonyl (C=O) groups excluding carboxylic acids is 1. The van der Waals surface area contributed by atoms with Gasteiger partial charge in [0.25, 0.3) is 5.91 Å². The van der Waals surface area contributed by atoms with Gasteiger partial charge in [0.15, 0.2) is 0 Å². The van der Waals surface area contributed by atoms with Gasteiger partial charge in [-0.3, -0.25) is 4.79 Å². The lowest BCUT2D eigenvalue weighted by Gasteiger charge is -1.97. The predicted octanol–water partition coefficient (Wildman–Crippen LogP) is 2.37. The van der Waals surface area contributed by atoms with Crippen LogP contribution in [0.1, 0.15) is 24.2 Å². The molecule has 1 N–H and O–H groups in total. The highest BCUT2D eigenvalue weighted by molar-refractivity contribution is 5.94. The van der Waals surface area contributed by atoms with Crippen molar-refractivity contribution >= 4 is 12.1 Å². The number of amides is 1. The normalized spacial score (nSPS) is 10.0. The van der Waals surface area contributed by atoms with Crippen molar-refractivity contribution in [1.29, 1.82) is 0 Å². The molecule has 0 saturated carbocycles.